The molecule has 0 aliphatic heterocycles. The van der Waals surface area contributed by atoms with Gasteiger partial charge in [-0.25, -0.2) is 0 Å². The van der Waals surface area contributed by atoms with Gasteiger partial charge in [-0.15, -0.1) is 0 Å². The highest BCUT2D eigenvalue weighted by molar-refractivity contribution is 4.59. The summed E-state index contributed by atoms with van der Waals surface area (Å²) in [6.07, 6.45) is 4.55. The Kier molecular flexibility index (Phi) is 8.40. The van der Waals surface area contributed by atoms with Crippen molar-refractivity contribution in [2.24, 2.45) is 0 Å². The van der Waals surface area contributed by atoms with Crippen molar-refractivity contribution < 1.29 is 9.47 Å². The molecule has 2 atom stereocenters. The zero-order valence-electron chi connectivity index (χ0n) is 9.30. The van der Waals surface area contributed by atoms with E-state index in [-0.39, 0.29) is 12.5 Å². The summed E-state index contributed by atoms with van der Waals surface area (Å²) in [6, 6.07) is 0. The topological polar surface area (TPSA) is 30.5 Å². The van der Waals surface area contributed by atoms with Crippen molar-refractivity contribution in [1.82, 2.24) is 5.32 Å². The molecule has 0 rings (SSSR count). The molecule has 0 radical (unpaired) electrons. The molecule has 0 aromatic rings. The zero-order chi connectivity index (χ0) is 10.1. The number of ether oxygens (including phenoxy) is 2. The van der Waals surface area contributed by atoms with E-state index < -0.39 is 0 Å². The van der Waals surface area contributed by atoms with Crippen molar-refractivity contribution in [2.75, 3.05) is 14.2 Å². The highest BCUT2D eigenvalue weighted by Crippen LogP contribution is 2.03. The first-order chi connectivity index (χ1) is 6.28. The van der Waals surface area contributed by atoms with Crippen LogP contribution in [0.25, 0.3) is 0 Å². The smallest absolute Gasteiger partial charge is 0.109 e. The fraction of sp³-hybridized carbons (Fsp3) is 1.00. The number of rotatable bonds is 8. The van der Waals surface area contributed by atoms with Crippen LogP contribution in [0.15, 0.2) is 0 Å². The van der Waals surface area contributed by atoms with Crippen LogP contribution in [0.4, 0.5) is 0 Å². The molecule has 2 unspecified atom stereocenters. The molecule has 0 aliphatic rings. The van der Waals surface area contributed by atoms with E-state index >= 15 is 0 Å². The Morgan fingerprint density at radius 3 is 1.54 bits per heavy atom. The van der Waals surface area contributed by atoms with Gasteiger partial charge >= 0.3 is 0 Å². The minimum absolute atomic E-state index is 0.126. The van der Waals surface area contributed by atoms with Crippen molar-refractivity contribution in [3.8, 4) is 0 Å². The van der Waals surface area contributed by atoms with Crippen LogP contribution in [0.2, 0.25) is 0 Å². The molecule has 0 saturated heterocycles. The maximum atomic E-state index is 5.28. The van der Waals surface area contributed by atoms with Gasteiger partial charge in [-0.3, -0.25) is 5.32 Å². The van der Waals surface area contributed by atoms with Crippen molar-refractivity contribution in [2.45, 2.75) is 52.0 Å². The van der Waals surface area contributed by atoms with Crippen molar-refractivity contribution in [1.29, 1.82) is 0 Å². The largest absolute Gasteiger partial charge is 0.367 e. The Morgan fingerprint density at radius 2 is 1.31 bits per heavy atom. The van der Waals surface area contributed by atoms with E-state index in [2.05, 4.69) is 19.2 Å². The molecule has 0 spiro atoms. The molecule has 13 heavy (non-hydrogen) atoms. The lowest BCUT2D eigenvalue weighted by atomic mass is 10.2. The molecule has 0 saturated carbocycles. The lowest BCUT2D eigenvalue weighted by Gasteiger charge is -2.23. The van der Waals surface area contributed by atoms with Crippen LogP contribution in [0.5, 0.6) is 0 Å². The average molecular weight is 189 g/mol. The third kappa shape index (κ3) is 6.02. The maximum Gasteiger partial charge on any atom is 0.109 e. The van der Waals surface area contributed by atoms with Crippen LogP contribution in [-0.2, 0) is 9.47 Å². The third-order valence-corrected chi connectivity index (χ3v) is 2.04. The first-order valence-electron chi connectivity index (χ1n) is 5.10. The second kappa shape index (κ2) is 8.48. The number of methoxy groups -OCH3 is 2. The number of hydrogen-bond donors (Lipinski definition) is 1. The van der Waals surface area contributed by atoms with Gasteiger partial charge in [0.15, 0.2) is 0 Å². The molecular formula is C10H23NO2. The van der Waals surface area contributed by atoms with Crippen molar-refractivity contribution in [3.63, 3.8) is 0 Å². The van der Waals surface area contributed by atoms with E-state index in [4.69, 9.17) is 9.47 Å². The van der Waals surface area contributed by atoms with Gasteiger partial charge < -0.3 is 9.47 Å². The summed E-state index contributed by atoms with van der Waals surface area (Å²) in [4.78, 5) is 0. The predicted molar refractivity (Wildman–Crippen MR) is 54.5 cm³/mol. The second-order valence-electron chi connectivity index (χ2n) is 3.19. The van der Waals surface area contributed by atoms with Gasteiger partial charge in [0.2, 0.25) is 0 Å². The monoisotopic (exact) mass is 189 g/mol. The van der Waals surface area contributed by atoms with Crippen LogP contribution >= 0.6 is 0 Å². The molecular weight excluding hydrogens is 166 g/mol. The highest BCUT2D eigenvalue weighted by Gasteiger charge is 2.11. The first kappa shape index (κ1) is 12.9. The highest BCUT2D eigenvalue weighted by atomic mass is 16.5. The number of hydrogen-bond acceptors (Lipinski definition) is 3. The molecule has 0 heterocycles. The molecule has 1 N–H and O–H groups in total. The van der Waals surface area contributed by atoms with E-state index in [9.17, 15) is 0 Å². The van der Waals surface area contributed by atoms with Crippen LogP contribution in [0.1, 0.15) is 39.5 Å². The molecule has 0 amide bonds. The summed E-state index contributed by atoms with van der Waals surface area (Å²) in [5, 5.41) is 3.31. The standard InChI is InChI=1S/C10H23NO2/c1-5-7-9(12-3)11-10(13-4)8-6-2/h9-11H,5-8H2,1-4H3. The van der Waals surface area contributed by atoms with Crippen molar-refractivity contribution in [3.05, 3.63) is 0 Å². The Morgan fingerprint density at radius 1 is 0.923 bits per heavy atom. The minimum atomic E-state index is 0.126. The Hall–Kier alpha value is -0.120. The van der Waals surface area contributed by atoms with Gasteiger partial charge in [0, 0.05) is 14.2 Å². The molecule has 0 aromatic carbocycles. The summed E-state index contributed by atoms with van der Waals surface area (Å²) in [5.41, 5.74) is 0. The lowest BCUT2D eigenvalue weighted by molar-refractivity contribution is -0.0166. The quantitative estimate of drug-likeness (QED) is 0.593. The van der Waals surface area contributed by atoms with E-state index in [1.165, 1.54) is 0 Å². The van der Waals surface area contributed by atoms with Gasteiger partial charge in [-0.05, 0) is 12.8 Å². The van der Waals surface area contributed by atoms with E-state index in [1.807, 2.05) is 0 Å². The molecule has 0 bridgehead atoms. The van der Waals surface area contributed by atoms with Gasteiger partial charge in [0.05, 0.1) is 0 Å². The second-order valence-corrected chi connectivity index (χ2v) is 3.19. The van der Waals surface area contributed by atoms with Gasteiger partial charge in [-0.1, -0.05) is 26.7 Å². The zero-order valence-corrected chi connectivity index (χ0v) is 9.30. The molecule has 80 valence electrons. The number of nitrogens with one attached hydrogen (secondary N) is 1. The van der Waals surface area contributed by atoms with Gasteiger partial charge in [0.25, 0.3) is 0 Å². The Balaban J connectivity index is 3.73. The maximum absolute atomic E-state index is 5.28. The summed E-state index contributed by atoms with van der Waals surface area (Å²) >= 11 is 0. The summed E-state index contributed by atoms with van der Waals surface area (Å²) in [7, 11) is 3.46. The molecule has 0 aliphatic carbocycles. The van der Waals surface area contributed by atoms with Crippen LogP contribution in [0.3, 0.4) is 0 Å². The summed E-state index contributed by atoms with van der Waals surface area (Å²) < 4.78 is 10.6. The fourth-order valence-electron chi connectivity index (χ4n) is 1.27. The van der Waals surface area contributed by atoms with Gasteiger partial charge in [0.1, 0.15) is 12.5 Å². The summed E-state index contributed by atoms with van der Waals surface area (Å²) in [5.74, 6) is 0. The van der Waals surface area contributed by atoms with Gasteiger partial charge in [-0.2, -0.15) is 0 Å². The molecule has 3 heteroatoms. The lowest BCUT2D eigenvalue weighted by Crippen LogP contribution is -2.40. The summed E-state index contributed by atoms with van der Waals surface area (Å²) in [6.45, 7) is 4.30. The average Bonchev–Trinajstić information content (AvgIpc) is 2.16. The fourth-order valence-corrected chi connectivity index (χ4v) is 1.27. The molecule has 0 aromatic heterocycles. The third-order valence-electron chi connectivity index (χ3n) is 2.04. The molecule has 3 nitrogen and oxygen atoms in total. The predicted octanol–water partition coefficient (Wildman–Crippen LogP) is 2.12. The van der Waals surface area contributed by atoms with E-state index in [0.717, 1.165) is 25.7 Å². The van der Waals surface area contributed by atoms with E-state index in [1.54, 1.807) is 14.2 Å². The first-order valence-corrected chi connectivity index (χ1v) is 5.10. The van der Waals surface area contributed by atoms with Crippen LogP contribution < -0.4 is 5.32 Å². The van der Waals surface area contributed by atoms with Crippen LogP contribution in [0, 0.1) is 0 Å². The SMILES string of the molecule is CCCC(NC(CCC)OC)OC. The van der Waals surface area contributed by atoms with Crippen LogP contribution in [-0.4, -0.2) is 26.7 Å². The van der Waals surface area contributed by atoms with E-state index in [0.29, 0.717) is 0 Å². The Labute approximate surface area is 81.8 Å². The molecule has 0 fully saturated rings. The Bertz CT molecular complexity index is 97.1. The normalized spacial score (nSPS) is 15.7. The minimum Gasteiger partial charge on any atom is -0.367 e. The van der Waals surface area contributed by atoms with Crippen molar-refractivity contribution >= 4 is 0 Å².